The molecule has 0 amide bonds. The fourth-order valence-electron chi connectivity index (χ4n) is 1.34. The maximum Gasteiger partial charge on any atom is 0.673 e. The van der Waals surface area contributed by atoms with Crippen LogP contribution in [0, 0.1) is 0 Å². The average Bonchev–Trinajstić information content (AvgIpc) is 2.62. The number of rotatable bonds is 1. The van der Waals surface area contributed by atoms with Crippen molar-refractivity contribution in [3.8, 4) is 0 Å². The Labute approximate surface area is 90.0 Å². The Hall–Kier alpha value is -1.53. The normalized spacial score (nSPS) is 11.1. The molecule has 1 N–H and O–H groups in total. The van der Waals surface area contributed by atoms with Gasteiger partial charge in [-0.3, -0.25) is 0 Å². The van der Waals surface area contributed by atoms with Crippen LogP contribution >= 0.6 is 0 Å². The standard InChI is InChI=1S/C9H10N2.BF4/c1-2-11-7-3-4-8-5-6-10-9(8)11;2-1(3,4)5/h3-7H,2H2,1H3;/q;-1/p+1. The van der Waals surface area contributed by atoms with Crippen LogP contribution in [0.2, 0.25) is 0 Å². The number of hydrogen-bond donors (Lipinski definition) is 1. The molecule has 2 aromatic rings. The molecule has 0 fully saturated rings. The Kier molecular flexibility index (Phi) is 3.92. The summed E-state index contributed by atoms with van der Waals surface area (Å²) in [5.41, 5.74) is 1.20. The van der Waals surface area contributed by atoms with Gasteiger partial charge in [-0.05, 0) is 25.1 Å². The van der Waals surface area contributed by atoms with Gasteiger partial charge in [-0.2, -0.15) is 0 Å². The summed E-state index contributed by atoms with van der Waals surface area (Å²) in [5, 5.41) is 1.27. The summed E-state index contributed by atoms with van der Waals surface area (Å²) in [5.74, 6) is 0. The number of nitrogens with zero attached hydrogens (tertiary/aromatic N) is 1. The number of aromatic nitrogens is 2. The number of aromatic amines is 1. The molecule has 7 heteroatoms. The van der Waals surface area contributed by atoms with Gasteiger partial charge in [0.1, 0.15) is 0 Å². The zero-order chi connectivity index (χ0) is 12.2. The quantitative estimate of drug-likeness (QED) is 0.444. The molecular formula is C9H11BF4N2. The summed E-state index contributed by atoms with van der Waals surface area (Å²) in [4.78, 5) is 3.20. The molecule has 0 radical (unpaired) electrons. The van der Waals surface area contributed by atoms with Crippen molar-refractivity contribution in [2.75, 3.05) is 0 Å². The number of hydrogen-bond acceptors (Lipinski definition) is 0. The van der Waals surface area contributed by atoms with Crippen LogP contribution in [0.15, 0.2) is 30.6 Å². The molecule has 0 spiro atoms. The van der Waals surface area contributed by atoms with Crippen molar-refractivity contribution in [1.82, 2.24) is 4.98 Å². The highest BCUT2D eigenvalue weighted by Crippen LogP contribution is 2.06. The van der Waals surface area contributed by atoms with E-state index >= 15 is 0 Å². The molecule has 2 nitrogen and oxygen atoms in total. The van der Waals surface area contributed by atoms with Gasteiger partial charge >= 0.3 is 7.25 Å². The number of nitrogens with one attached hydrogen (secondary N) is 1. The van der Waals surface area contributed by atoms with Gasteiger partial charge in [-0.15, -0.1) is 0 Å². The fourth-order valence-corrected chi connectivity index (χ4v) is 1.34. The monoisotopic (exact) mass is 234 g/mol. The average molecular weight is 234 g/mol. The van der Waals surface area contributed by atoms with Crippen LogP contribution in [0.3, 0.4) is 0 Å². The lowest BCUT2D eigenvalue weighted by Crippen LogP contribution is -2.32. The van der Waals surface area contributed by atoms with E-state index in [0.29, 0.717) is 0 Å². The van der Waals surface area contributed by atoms with E-state index in [-0.39, 0.29) is 0 Å². The van der Waals surface area contributed by atoms with Crippen molar-refractivity contribution >= 4 is 18.3 Å². The maximum atomic E-state index is 9.75. The number of fused-ring (bicyclic) bond motifs is 1. The number of H-pyrrole nitrogens is 1. The van der Waals surface area contributed by atoms with Crippen LogP contribution in [0.5, 0.6) is 0 Å². The van der Waals surface area contributed by atoms with E-state index in [1.807, 2.05) is 6.20 Å². The van der Waals surface area contributed by atoms with E-state index in [0.717, 1.165) is 6.54 Å². The molecule has 0 bridgehead atoms. The van der Waals surface area contributed by atoms with E-state index in [1.54, 1.807) is 0 Å². The van der Waals surface area contributed by atoms with Crippen LogP contribution in [0.1, 0.15) is 6.92 Å². The van der Waals surface area contributed by atoms with E-state index in [1.165, 1.54) is 11.0 Å². The molecule has 0 aromatic carbocycles. The SMILES string of the molecule is CC[n+]1cccc2cc[nH]c21.F[B-](F)(F)F. The predicted molar refractivity (Wildman–Crippen MR) is 54.4 cm³/mol. The summed E-state index contributed by atoms with van der Waals surface area (Å²) in [6.07, 6.45) is 4.05. The summed E-state index contributed by atoms with van der Waals surface area (Å²) in [6.45, 7) is 3.15. The molecule has 0 aliphatic rings. The third kappa shape index (κ3) is 3.92. The molecule has 0 saturated heterocycles. The fraction of sp³-hybridized carbons (Fsp3) is 0.222. The molecular weight excluding hydrogens is 223 g/mol. The van der Waals surface area contributed by atoms with E-state index in [4.69, 9.17) is 0 Å². The van der Waals surface area contributed by atoms with Gasteiger partial charge in [-0.1, -0.05) is 0 Å². The van der Waals surface area contributed by atoms with Gasteiger partial charge in [0.25, 0.3) is 5.65 Å². The molecule has 16 heavy (non-hydrogen) atoms. The predicted octanol–water partition coefficient (Wildman–Crippen LogP) is 2.78. The maximum absolute atomic E-state index is 9.75. The van der Waals surface area contributed by atoms with Crippen molar-refractivity contribution < 1.29 is 21.8 Å². The minimum Gasteiger partial charge on any atom is -0.418 e. The lowest BCUT2D eigenvalue weighted by molar-refractivity contribution is -0.669. The second-order valence-electron chi connectivity index (χ2n) is 3.07. The Morgan fingerprint density at radius 3 is 2.44 bits per heavy atom. The van der Waals surface area contributed by atoms with Crippen LogP contribution in [-0.2, 0) is 6.54 Å². The Morgan fingerprint density at radius 2 is 1.88 bits per heavy atom. The number of aryl methyl sites for hydroxylation is 1. The van der Waals surface area contributed by atoms with Crippen LogP contribution in [-0.4, -0.2) is 12.2 Å². The Balaban J connectivity index is 0.000000221. The van der Waals surface area contributed by atoms with Crippen molar-refractivity contribution in [1.29, 1.82) is 0 Å². The minimum absolute atomic E-state index is 1.01. The third-order valence-electron chi connectivity index (χ3n) is 1.93. The van der Waals surface area contributed by atoms with Crippen LogP contribution in [0.4, 0.5) is 17.3 Å². The van der Waals surface area contributed by atoms with Crippen molar-refractivity contribution in [3.05, 3.63) is 30.6 Å². The van der Waals surface area contributed by atoms with Gasteiger partial charge in [0.15, 0.2) is 0 Å². The van der Waals surface area contributed by atoms with E-state index in [9.17, 15) is 17.3 Å². The first-order chi connectivity index (χ1) is 7.42. The highest BCUT2D eigenvalue weighted by Gasteiger charge is 2.20. The highest BCUT2D eigenvalue weighted by atomic mass is 19.5. The van der Waals surface area contributed by atoms with Gasteiger partial charge < -0.3 is 17.3 Å². The second kappa shape index (κ2) is 5.00. The molecule has 0 unspecified atom stereocenters. The summed E-state index contributed by atoms with van der Waals surface area (Å²) in [7, 11) is -6.00. The van der Waals surface area contributed by atoms with Crippen molar-refractivity contribution in [3.63, 3.8) is 0 Å². The summed E-state index contributed by atoms with van der Waals surface area (Å²) >= 11 is 0. The van der Waals surface area contributed by atoms with Gasteiger partial charge in [0, 0.05) is 0 Å². The molecule has 2 aromatic heterocycles. The lowest BCUT2D eigenvalue weighted by Gasteiger charge is -1.94. The number of halogens is 4. The van der Waals surface area contributed by atoms with Crippen LogP contribution in [0.25, 0.3) is 11.0 Å². The minimum atomic E-state index is -6.00. The first kappa shape index (κ1) is 12.5. The van der Waals surface area contributed by atoms with E-state index < -0.39 is 7.25 Å². The zero-order valence-corrected chi connectivity index (χ0v) is 8.63. The zero-order valence-electron chi connectivity index (χ0n) is 8.63. The van der Waals surface area contributed by atoms with E-state index in [2.05, 4.69) is 40.9 Å². The second-order valence-corrected chi connectivity index (χ2v) is 3.07. The molecule has 2 rings (SSSR count). The highest BCUT2D eigenvalue weighted by molar-refractivity contribution is 6.50. The molecule has 0 aliphatic carbocycles. The Bertz CT molecular complexity index is 446. The Morgan fingerprint density at radius 1 is 1.25 bits per heavy atom. The molecule has 0 atom stereocenters. The van der Waals surface area contributed by atoms with Crippen molar-refractivity contribution in [2.24, 2.45) is 0 Å². The van der Waals surface area contributed by atoms with Gasteiger partial charge in [0.05, 0.1) is 24.3 Å². The number of pyridine rings is 1. The van der Waals surface area contributed by atoms with Crippen LogP contribution < -0.4 is 4.57 Å². The molecule has 88 valence electrons. The largest absolute Gasteiger partial charge is 0.673 e. The topological polar surface area (TPSA) is 19.7 Å². The summed E-state index contributed by atoms with van der Waals surface area (Å²) in [6, 6.07) is 6.26. The smallest absolute Gasteiger partial charge is 0.418 e. The van der Waals surface area contributed by atoms with Gasteiger partial charge in [-0.25, -0.2) is 9.55 Å². The molecule has 2 heterocycles. The first-order valence-electron chi connectivity index (χ1n) is 4.74. The third-order valence-corrected chi connectivity index (χ3v) is 1.93. The lowest BCUT2D eigenvalue weighted by atomic mass is 10.3. The summed E-state index contributed by atoms with van der Waals surface area (Å²) < 4.78 is 41.2. The molecule has 0 aliphatic heterocycles. The van der Waals surface area contributed by atoms with Crippen molar-refractivity contribution in [2.45, 2.75) is 13.5 Å². The first-order valence-corrected chi connectivity index (χ1v) is 4.74. The van der Waals surface area contributed by atoms with Gasteiger partial charge in [0.2, 0.25) is 0 Å². The molecule has 0 saturated carbocycles.